The van der Waals surface area contributed by atoms with Gasteiger partial charge in [-0.2, -0.15) is 0 Å². The first-order chi connectivity index (χ1) is 11.7. The van der Waals surface area contributed by atoms with Crippen molar-refractivity contribution in [1.29, 1.82) is 0 Å². The van der Waals surface area contributed by atoms with Crippen molar-refractivity contribution in [1.82, 2.24) is 9.88 Å². The predicted octanol–water partition coefficient (Wildman–Crippen LogP) is 3.91. The average Bonchev–Trinajstić information content (AvgIpc) is 2.62. The van der Waals surface area contributed by atoms with Gasteiger partial charge in [-0.05, 0) is 46.3 Å². The van der Waals surface area contributed by atoms with Gasteiger partial charge >= 0.3 is 0 Å². The Hall–Kier alpha value is -1.72. The number of pyridine rings is 1. The van der Waals surface area contributed by atoms with E-state index in [-0.39, 0.29) is 5.91 Å². The molecule has 0 unspecified atom stereocenters. The van der Waals surface area contributed by atoms with Crippen LogP contribution in [0.15, 0.2) is 53.3 Å². The van der Waals surface area contributed by atoms with E-state index in [4.69, 9.17) is 4.74 Å². The Morgan fingerprint density at radius 1 is 1.29 bits per heavy atom. The SMILES string of the molecule is O=C(c1cncc(Br)c1)N1CCC[C@H](COCc2ccccc2)C1. The molecule has 4 nitrogen and oxygen atoms in total. The van der Waals surface area contributed by atoms with Crippen LogP contribution in [0, 0.1) is 5.92 Å². The van der Waals surface area contributed by atoms with Crippen molar-refractivity contribution in [3.8, 4) is 0 Å². The zero-order valence-electron chi connectivity index (χ0n) is 13.5. The van der Waals surface area contributed by atoms with Crippen LogP contribution in [0.5, 0.6) is 0 Å². The zero-order valence-corrected chi connectivity index (χ0v) is 15.1. The van der Waals surface area contributed by atoms with E-state index in [2.05, 4.69) is 33.0 Å². The van der Waals surface area contributed by atoms with Crippen LogP contribution < -0.4 is 0 Å². The number of ether oxygens (including phenoxy) is 1. The molecule has 3 rings (SSSR count). The van der Waals surface area contributed by atoms with Crippen molar-refractivity contribution in [2.75, 3.05) is 19.7 Å². The molecule has 1 aliphatic heterocycles. The van der Waals surface area contributed by atoms with E-state index in [0.717, 1.165) is 30.4 Å². The van der Waals surface area contributed by atoms with Gasteiger partial charge in [-0.1, -0.05) is 30.3 Å². The number of piperidine rings is 1. The molecule has 5 heteroatoms. The molecule has 1 aromatic heterocycles. The second kappa shape index (κ2) is 8.40. The molecular weight excluding hydrogens is 368 g/mol. The van der Waals surface area contributed by atoms with Crippen molar-refractivity contribution in [2.45, 2.75) is 19.4 Å². The number of rotatable bonds is 5. The summed E-state index contributed by atoms with van der Waals surface area (Å²) in [6, 6.07) is 12.0. The minimum absolute atomic E-state index is 0.0524. The van der Waals surface area contributed by atoms with Gasteiger partial charge < -0.3 is 9.64 Å². The maximum absolute atomic E-state index is 12.6. The molecule has 0 spiro atoms. The number of hydrogen-bond acceptors (Lipinski definition) is 3. The Balaban J connectivity index is 1.51. The van der Waals surface area contributed by atoms with Crippen LogP contribution in [0.2, 0.25) is 0 Å². The van der Waals surface area contributed by atoms with Crippen LogP contribution in [0.4, 0.5) is 0 Å². The number of amides is 1. The summed E-state index contributed by atoms with van der Waals surface area (Å²) < 4.78 is 6.68. The van der Waals surface area contributed by atoms with Crippen molar-refractivity contribution in [2.24, 2.45) is 5.92 Å². The zero-order chi connectivity index (χ0) is 16.8. The van der Waals surface area contributed by atoms with Gasteiger partial charge in [0.2, 0.25) is 0 Å². The molecule has 0 radical (unpaired) electrons. The molecule has 24 heavy (non-hydrogen) atoms. The summed E-state index contributed by atoms with van der Waals surface area (Å²) in [5.74, 6) is 0.447. The van der Waals surface area contributed by atoms with Crippen molar-refractivity contribution in [3.05, 3.63) is 64.4 Å². The first kappa shape index (κ1) is 17.1. The van der Waals surface area contributed by atoms with Gasteiger partial charge in [0.05, 0.1) is 18.8 Å². The molecule has 1 saturated heterocycles. The van der Waals surface area contributed by atoms with Gasteiger partial charge in [-0.15, -0.1) is 0 Å². The van der Waals surface area contributed by atoms with Crippen LogP contribution in [0.25, 0.3) is 0 Å². The van der Waals surface area contributed by atoms with Gasteiger partial charge in [0.25, 0.3) is 5.91 Å². The highest BCUT2D eigenvalue weighted by molar-refractivity contribution is 9.10. The molecule has 1 atom stereocenters. The van der Waals surface area contributed by atoms with E-state index in [1.165, 1.54) is 5.56 Å². The third kappa shape index (κ3) is 4.65. The monoisotopic (exact) mass is 388 g/mol. The summed E-state index contributed by atoms with van der Waals surface area (Å²) in [6.45, 7) is 2.87. The second-order valence-electron chi connectivity index (χ2n) is 6.15. The fourth-order valence-corrected chi connectivity index (χ4v) is 3.38. The van der Waals surface area contributed by atoms with E-state index in [9.17, 15) is 4.79 Å². The summed E-state index contributed by atoms with van der Waals surface area (Å²) >= 11 is 3.37. The molecule has 2 aromatic rings. The number of carbonyl (C=O) groups excluding carboxylic acids is 1. The molecule has 2 heterocycles. The highest BCUT2D eigenvalue weighted by Crippen LogP contribution is 2.20. The molecule has 0 saturated carbocycles. The minimum atomic E-state index is 0.0524. The quantitative estimate of drug-likeness (QED) is 0.779. The highest BCUT2D eigenvalue weighted by atomic mass is 79.9. The van der Waals surface area contributed by atoms with Crippen LogP contribution in [-0.4, -0.2) is 35.5 Å². The van der Waals surface area contributed by atoms with Crippen LogP contribution in [0.3, 0.4) is 0 Å². The first-order valence-electron chi connectivity index (χ1n) is 8.24. The molecule has 0 N–H and O–H groups in total. The lowest BCUT2D eigenvalue weighted by atomic mass is 9.98. The van der Waals surface area contributed by atoms with Crippen molar-refractivity contribution >= 4 is 21.8 Å². The largest absolute Gasteiger partial charge is 0.376 e. The minimum Gasteiger partial charge on any atom is -0.376 e. The summed E-state index contributed by atoms with van der Waals surface area (Å²) in [4.78, 5) is 18.6. The van der Waals surface area contributed by atoms with E-state index in [0.29, 0.717) is 24.7 Å². The Morgan fingerprint density at radius 2 is 2.12 bits per heavy atom. The third-order valence-electron chi connectivity index (χ3n) is 4.22. The maximum Gasteiger partial charge on any atom is 0.255 e. The lowest BCUT2D eigenvalue weighted by Gasteiger charge is -2.32. The maximum atomic E-state index is 12.6. The summed E-state index contributed by atoms with van der Waals surface area (Å²) in [5, 5.41) is 0. The molecule has 0 aliphatic carbocycles. The molecule has 1 amide bonds. The van der Waals surface area contributed by atoms with Crippen molar-refractivity contribution in [3.63, 3.8) is 0 Å². The number of aromatic nitrogens is 1. The van der Waals surface area contributed by atoms with Gasteiger partial charge in [0.1, 0.15) is 0 Å². The number of nitrogens with zero attached hydrogens (tertiary/aromatic N) is 2. The lowest BCUT2D eigenvalue weighted by Crippen LogP contribution is -2.41. The molecular formula is C19H21BrN2O2. The predicted molar refractivity (Wildman–Crippen MR) is 96.7 cm³/mol. The normalized spacial score (nSPS) is 17.7. The smallest absolute Gasteiger partial charge is 0.255 e. The molecule has 1 fully saturated rings. The van der Waals surface area contributed by atoms with Gasteiger partial charge in [0.15, 0.2) is 0 Å². The Kier molecular flexibility index (Phi) is 5.99. The van der Waals surface area contributed by atoms with Gasteiger partial charge in [-0.25, -0.2) is 0 Å². The number of hydrogen-bond donors (Lipinski definition) is 0. The van der Waals surface area contributed by atoms with Crippen molar-refractivity contribution < 1.29 is 9.53 Å². The average molecular weight is 389 g/mol. The Labute approximate surface area is 151 Å². The van der Waals surface area contributed by atoms with E-state index in [1.54, 1.807) is 12.4 Å². The number of halogens is 1. The molecule has 0 bridgehead atoms. The molecule has 1 aliphatic rings. The van der Waals surface area contributed by atoms with E-state index < -0.39 is 0 Å². The van der Waals surface area contributed by atoms with E-state index in [1.807, 2.05) is 29.2 Å². The molecule has 126 valence electrons. The number of likely N-dealkylation sites (tertiary alicyclic amines) is 1. The van der Waals surface area contributed by atoms with Crippen LogP contribution >= 0.6 is 15.9 Å². The Morgan fingerprint density at radius 3 is 2.92 bits per heavy atom. The van der Waals surface area contributed by atoms with Gasteiger partial charge in [0, 0.05) is 30.0 Å². The van der Waals surface area contributed by atoms with Crippen LogP contribution in [0.1, 0.15) is 28.8 Å². The first-order valence-corrected chi connectivity index (χ1v) is 9.03. The second-order valence-corrected chi connectivity index (χ2v) is 7.07. The molecule has 1 aromatic carbocycles. The summed E-state index contributed by atoms with van der Waals surface area (Å²) in [7, 11) is 0. The summed E-state index contributed by atoms with van der Waals surface area (Å²) in [6.07, 6.45) is 5.44. The Bertz CT molecular complexity index is 678. The lowest BCUT2D eigenvalue weighted by molar-refractivity contribution is 0.0425. The third-order valence-corrected chi connectivity index (χ3v) is 4.66. The fourth-order valence-electron chi connectivity index (χ4n) is 3.01. The standard InChI is InChI=1S/C19H21BrN2O2/c20-18-9-17(10-21-11-18)19(23)22-8-4-7-16(12-22)14-24-13-15-5-2-1-3-6-15/h1-3,5-6,9-11,16H,4,7-8,12-14H2/t16-/m0/s1. The fraction of sp³-hybridized carbons (Fsp3) is 0.368. The summed E-state index contributed by atoms with van der Waals surface area (Å²) in [5.41, 5.74) is 1.82. The number of benzene rings is 1. The topological polar surface area (TPSA) is 42.4 Å². The number of carbonyl (C=O) groups is 1. The van der Waals surface area contributed by atoms with E-state index >= 15 is 0 Å². The van der Waals surface area contributed by atoms with Crippen LogP contribution in [-0.2, 0) is 11.3 Å². The highest BCUT2D eigenvalue weighted by Gasteiger charge is 2.24. The van der Waals surface area contributed by atoms with Gasteiger partial charge in [-0.3, -0.25) is 9.78 Å².